The van der Waals surface area contributed by atoms with E-state index >= 15 is 0 Å². The van der Waals surface area contributed by atoms with Crippen molar-refractivity contribution in [3.63, 3.8) is 0 Å². The predicted octanol–water partition coefficient (Wildman–Crippen LogP) is 3.05. The van der Waals surface area contributed by atoms with Gasteiger partial charge in [-0.25, -0.2) is 12.8 Å². The van der Waals surface area contributed by atoms with Crippen molar-refractivity contribution >= 4 is 26.6 Å². The van der Waals surface area contributed by atoms with Crippen molar-refractivity contribution in [3.05, 3.63) is 66.1 Å². The van der Waals surface area contributed by atoms with Crippen LogP contribution >= 0.6 is 0 Å². The number of hydrogen-bond acceptors (Lipinski definition) is 4. The van der Waals surface area contributed by atoms with Crippen LogP contribution in [0.4, 0.5) is 4.39 Å². The van der Waals surface area contributed by atoms with Gasteiger partial charge in [-0.3, -0.25) is 4.79 Å². The van der Waals surface area contributed by atoms with Crippen LogP contribution < -0.4 is 5.32 Å². The number of benzene rings is 2. The number of ether oxygens (including phenoxy) is 1. The van der Waals surface area contributed by atoms with Gasteiger partial charge in [-0.05, 0) is 36.6 Å². The molecule has 4 rings (SSSR count). The summed E-state index contributed by atoms with van der Waals surface area (Å²) in [7, 11) is -3.74. The molecule has 158 valence electrons. The molecule has 0 aliphatic carbocycles. The molecule has 0 bridgehead atoms. The number of fused-ring (bicyclic) bond motifs is 1. The SMILES string of the molecule is O=C(Cn1cc(S(=O)(=O)Cc2cccc(F)c2)c2ccccc21)NCC1CCCO1. The molecule has 0 spiro atoms. The second-order valence-corrected chi connectivity index (χ2v) is 9.42. The number of rotatable bonds is 7. The first-order valence-electron chi connectivity index (χ1n) is 9.86. The van der Waals surface area contributed by atoms with Crippen LogP contribution in [0.5, 0.6) is 0 Å². The fraction of sp³-hybridized carbons (Fsp3) is 0.318. The zero-order chi connectivity index (χ0) is 21.1. The van der Waals surface area contributed by atoms with Crippen LogP contribution in [0.15, 0.2) is 59.6 Å². The topological polar surface area (TPSA) is 77.4 Å². The van der Waals surface area contributed by atoms with Crippen LogP contribution in [0.25, 0.3) is 10.9 Å². The van der Waals surface area contributed by atoms with E-state index in [2.05, 4.69) is 5.32 Å². The Kier molecular flexibility index (Phi) is 5.87. The molecule has 1 aliphatic rings. The van der Waals surface area contributed by atoms with Crippen LogP contribution in [-0.4, -0.2) is 38.1 Å². The van der Waals surface area contributed by atoms with E-state index in [1.165, 1.54) is 24.4 Å². The highest BCUT2D eigenvalue weighted by Crippen LogP contribution is 2.28. The van der Waals surface area contributed by atoms with Crippen molar-refractivity contribution in [2.24, 2.45) is 0 Å². The molecule has 1 N–H and O–H groups in total. The number of halogens is 1. The third-order valence-electron chi connectivity index (χ3n) is 5.20. The number of carbonyl (C=O) groups is 1. The Balaban J connectivity index is 1.57. The lowest BCUT2D eigenvalue weighted by atomic mass is 10.2. The first-order valence-corrected chi connectivity index (χ1v) is 11.5. The lowest BCUT2D eigenvalue weighted by Gasteiger charge is -2.11. The smallest absolute Gasteiger partial charge is 0.240 e. The monoisotopic (exact) mass is 430 g/mol. The molecule has 1 aromatic heterocycles. The van der Waals surface area contributed by atoms with Gasteiger partial charge in [0.15, 0.2) is 9.84 Å². The number of para-hydroxylation sites is 1. The van der Waals surface area contributed by atoms with Gasteiger partial charge in [0.25, 0.3) is 0 Å². The maximum atomic E-state index is 13.5. The van der Waals surface area contributed by atoms with Crippen molar-refractivity contribution in [1.82, 2.24) is 9.88 Å². The van der Waals surface area contributed by atoms with E-state index in [0.29, 0.717) is 23.0 Å². The normalized spacial score (nSPS) is 16.8. The van der Waals surface area contributed by atoms with E-state index in [9.17, 15) is 17.6 Å². The number of sulfone groups is 1. The van der Waals surface area contributed by atoms with Crippen LogP contribution in [0, 0.1) is 5.82 Å². The van der Waals surface area contributed by atoms with E-state index in [0.717, 1.165) is 19.4 Å². The highest BCUT2D eigenvalue weighted by atomic mass is 32.2. The van der Waals surface area contributed by atoms with Gasteiger partial charge in [-0.2, -0.15) is 0 Å². The Hall–Kier alpha value is -2.71. The van der Waals surface area contributed by atoms with Gasteiger partial charge in [0.2, 0.25) is 5.91 Å². The number of nitrogens with zero attached hydrogens (tertiary/aromatic N) is 1. The van der Waals surface area contributed by atoms with Crippen molar-refractivity contribution in [3.8, 4) is 0 Å². The summed E-state index contributed by atoms with van der Waals surface area (Å²) in [5.74, 6) is -1.00. The second-order valence-electron chi connectivity index (χ2n) is 7.47. The van der Waals surface area contributed by atoms with Crippen molar-refractivity contribution < 1.29 is 22.3 Å². The van der Waals surface area contributed by atoms with E-state index in [1.807, 2.05) is 0 Å². The molecule has 0 saturated carbocycles. The summed E-state index contributed by atoms with van der Waals surface area (Å²) in [5, 5.41) is 3.40. The first kappa shape index (κ1) is 20.6. The Morgan fingerprint density at radius 3 is 2.80 bits per heavy atom. The number of hydrogen-bond donors (Lipinski definition) is 1. The van der Waals surface area contributed by atoms with Crippen molar-refractivity contribution in [2.75, 3.05) is 13.2 Å². The Morgan fingerprint density at radius 1 is 1.20 bits per heavy atom. The van der Waals surface area contributed by atoms with Crippen LogP contribution in [-0.2, 0) is 31.7 Å². The van der Waals surface area contributed by atoms with Gasteiger partial charge in [0.1, 0.15) is 12.4 Å². The summed E-state index contributed by atoms with van der Waals surface area (Å²) >= 11 is 0. The minimum absolute atomic E-state index is 0.00270. The first-order chi connectivity index (χ1) is 14.4. The molecule has 2 aromatic carbocycles. The predicted molar refractivity (Wildman–Crippen MR) is 111 cm³/mol. The number of amides is 1. The quantitative estimate of drug-likeness (QED) is 0.625. The Morgan fingerprint density at radius 2 is 2.03 bits per heavy atom. The van der Waals surface area contributed by atoms with E-state index < -0.39 is 15.7 Å². The molecule has 1 fully saturated rings. The lowest BCUT2D eigenvalue weighted by molar-refractivity contribution is -0.122. The summed E-state index contributed by atoms with van der Waals surface area (Å²) in [6.45, 7) is 1.17. The molecule has 1 saturated heterocycles. The molecule has 3 aromatic rings. The van der Waals surface area contributed by atoms with Gasteiger partial charge in [-0.15, -0.1) is 0 Å². The Labute approximate surface area is 174 Å². The van der Waals surface area contributed by atoms with Gasteiger partial charge in [0, 0.05) is 30.3 Å². The van der Waals surface area contributed by atoms with E-state index in [1.54, 1.807) is 34.9 Å². The maximum absolute atomic E-state index is 13.5. The van der Waals surface area contributed by atoms with E-state index in [4.69, 9.17) is 4.74 Å². The third-order valence-corrected chi connectivity index (χ3v) is 6.91. The van der Waals surface area contributed by atoms with E-state index in [-0.39, 0.29) is 29.2 Å². The van der Waals surface area contributed by atoms with Crippen molar-refractivity contribution in [2.45, 2.75) is 36.1 Å². The minimum atomic E-state index is -3.74. The lowest BCUT2D eigenvalue weighted by Crippen LogP contribution is -2.34. The molecule has 6 nitrogen and oxygen atoms in total. The summed E-state index contributed by atoms with van der Waals surface area (Å²) in [5.41, 5.74) is 1.03. The van der Waals surface area contributed by atoms with Crippen LogP contribution in [0.1, 0.15) is 18.4 Å². The average molecular weight is 431 g/mol. The molecule has 1 aliphatic heterocycles. The molecule has 0 radical (unpaired) electrons. The summed E-state index contributed by atoms with van der Waals surface area (Å²) < 4.78 is 46.8. The zero-order valence-corrected chi connectivity index (χ0v) is 17.2. The van der Waals surface area contributed by atoms with Crippen LogP contribution in [0.2, 0.25) is 0 Å². The third kappa shape index (κ3) is 4.55. The summed E-state index contributed by atoms with van der Waals surface area (Å²) in [4.78, 5) is 12.6. The van der Waals surface area contributed by atoms with Crippen LogP contribution in [0.3, 0.4) is 0 Å². The maximum Gasteiger partial charge on any atom is 0.240 e. The van der Waals surface area contributed by atoms with Gasteiger partial charge >= 0.3 is 0 Å². The zero-order valence-electron chi connectivity index (χ0n) is 16.4. The molecule has 8 heteroatoms. The molecule has 2 heterocycles. The number of nitrogens with one attached hydrogen (secondary N) is 1. The largest absolute Gasteiger partial charge is 0.376 e. The molecule has 30 heavy (non-hydrogen) atoms. The minimum Gasteiger partial charge on any atom is -0.376 e. The van der Waals surface area contributed by atoms with Gasteiger partial charge in [-0.1, -0.05) is 30.3 Å². The highest BCUT2D eigenvalue weighted by Gasteiger charge is 2.23. The fourth-order valence-electron chi connectivity index (χ4n) is 3.76. The molecule has 1 atom stereocenters. The van der Waals surface area contributed by atoms with Gasteiger partial charge in [0.05, 0.1) is 16.8 Å². The summed E-state index contributed by atoms with van der Waals surface area (Å²) in [6.07, 6.45) is 3.45. The van der Waals surface area contributed by atoms with Crippen molar-refractivity contribution in [1.29, 1.82) is 0 Å². The second kappa shape index (κ2) is 8.57. The molecular formula is C22H23FN2O4S. The summed E-state index contributed by atoms with van der Waals surface area (Å²) in [6, 6.07) is 12.6. The molecular weight excluding hydrogens is 407 g/mol. The number of aromatic nitrogens is 1. The number of carbonyl (C=O) groups excluding carboxylic acids is 1. The Bertz CT molecular complexity index is 1170. The molecule has 1 unspecified atom stereocenters. The highest BCUT2D eigenvalue weighted by molar-refractivity contribution is 7.90. The average Bonchev–Trinajstić information content (AvgIpc) is 3.35. The molecule has 1 amide bonds. The van der Waals surface area contributed by atoms with Gasteiger partial charge < -0.3 is 14.6 Å². The standard InChI is InChI=1S/C22H23FN2O4S/c23-17-6-3-5-16(11-17)15-30(27,28)21-13-25(20-9-2-1-8-19(20)21)14-22(26)24-12-18-7-4-10-29-18/h1-3,5-6,8-9,11,13,18H,4,7,10,12,14-15H2,(H,24,26). The fourth-order valence-corrected chi connectivity index (χ4v) is 5.33.